The number of allylic oxidation sites excluding steroid dienone is 2. The number of carboxylic acids is 1. The molecule has 0 aromatic carbocycles. The third kappa shape index (κ3) is 2.90. The molecule has 35 heavy (non-hydrogen) atoms. The van der Waals surface area contributed by atoms with Gasteiger partial charge in [-0.05, 0) is 49.5 Å². The smallest absolute Gasteiger partial charge is 0.315 e. The third-order valence-electron chi connectivity index (χ3n) is 9.65. The van der Waals surface area contributed by atoms with Crippen LogP contribution in [0.2, 0.25) is 0 Å². The summed E-state index contributed by atoms with van der Waals surface area (Å²) in [4.78, 5) is 38.8. The second-order valence-corrected chi connectivity index (χ2v) is 11.1. The second-order valence-electron chi connectivity index (χ2n) is 11.1. The maximum Gasteiger partial charge on any atom is 0.315 e. The molecular weight excluding hydrogens is 452 g/mol. The highest BCUT2D eigenvalue weighted by molar-refractivity contribution is 5.99. The van der Waals surface area contributed by atoms with Crippen molar-refractivity contribution >= 4 is 17.7 Å². The molecule has 5 rings (SSSR count). The number of hydrogen-bond acceptors (Lipinski definition) is 7. The van der Waals surface area contributed by atoms with Gasteiger partial charge in [-0.25, -0.2) is 0 Å². The van der Waals surface area contributed by atoms with Gasteiger partial charge in [0.2, 0.25) is 0 Å². The molecule has 4 aliphatic rings. The van der Waals surface area contributed by atoms with E-state index in [1.807, 2.05) is 19.9 Å². The molecule has 1 aromatic rings. The van der Waals surface area contributed by atoms with E-state index >= 15 is 0 Å². The standard InChI is InChI=1S/C27H32O8/c1-13-15(14-7-9-34-12-14)10-16-20(13)27(4)17(11-19(29)30)26(3)18(28)6-8-25(2,24(32)33-5)22(26)21(31)23(27)35-16/h6-9,12,15-17,21-23,31H,10-11H2,1-5H3,(H,29,30)/t15-,16+,17+,21-,22+,23-,25-,26+,27+/m1/s1. The zero-order valence-corrected chi connectivity index (χ0v) is 20.6. The van der Waals surface area contributed by atoms with Gasteiger partial charge >= 0.3 is 11.9 Å². The van der Waals surface area contributed by atoms with Gasteiger partial charge in [0.15, 0.2) is 5.78 Å². The van der Waals surface area contributed by atoms with E-state index in [1.165, 1.54) is 19.3 Å². The van der Waals surface area contributed by atoms with Crippen LogP contribution in [0.1, 0.15) is 52.0 Å². The molecule has 1 saturated heterocycles. The van der Waals surface area contributed by atoms with Crippen molar-refractivity contribution in [2.45, 2.75) is 64.8 Å². The molecule has 9 atom stereocenters. The molecule has 0 spiro atoms. The number of esters is 1. The zero-order chi connectivity index (χ0) is 25.5. The van der Waals surface area contributed by atoms with Gasteiger partial charge in [-0.1, -0.05) is 25.5 Å². The van der Waals surface area contributed by atoms with Gasteiger partial charge < -0.3 is 24.1 Å². The molecule has 1 saturated carbocycles. The number of carbonyl (C=O) groups is 3. The number of aliphatic hydroxyl groups is 1. The topological polar surface area (TPSA) is 123 Å². The maximum absolute atomic E-state index is 13.6. The molecule has 0 bridgehead atoms. The molecule has 0 unspecified atom stereocenters. The van der Waals surface area contributed by atoms with Gasteiger partial charge in [-0.3, -0.25) is 14.4 Å². The Hall–Kier alpha value is -2.71. The Bertz CT molecular complexity index is 1150. The lowest BCUT2D eigenvalue weighted by Crippen LogP contribution is -2.69. The molecular formula is C27H32O8. The molecule has 2 N–H and O–H groups in total. The monoisotopic (exact) mass is 484 g/mol. The number of rotatable bonds is 4. The van der Waals surface area contributed by atoms with Crippen molar-refractivity contribution in [2.24, 2.45) is 28.1 Å². The van der Waals surface area contributed by atoms with Crippen molar-refractivity contribution in [2.75, 3.05) is 7.11 Å². The Morgan fingerprint density at radius 3 is 2.54 bits per heavy atom. The number of hydrogen-bond donors (Lipinski definition) is 2. The lowest BCUT2D eigenvalue weighted by Gasteiger charge is -2.61. The van der Waals surface area contributed by atoms with E-state index in [9.17, 15) is 24.6 Å². The van der Waals surface area contributed by atoms with Crippen molar-refractivity contribution < 1.29 is 38.5 Å². The summed E-state index contributed by atoms with van der Waals surface area (Å²) in [5.74, 6) is -3.50. The number of ketones is 1. The van der Waals surface area contributed by atoms with Crippen LogP contribution in [-0.4, -0.2) is 53.4 Å². The number of methoxy groups -OCH3 is 1. The second kappa shape index (κ2) is 7.64. The first-order valence-corrected chi connectivity index (χ1v) is 12.0. The van der Waals surface area contributed by atoms with Crippen LogP contribution < -0.4 is 0 Å². The molecule has 2 fully saturated rings. The van der Waals surface area contributed by atoms with Crippen LogP contribution in [0.4, 0.5) is 0 Å². The number of carboxylic acid groups (broad SMARTS) is 1. The average Bonchev–Trinajstić information content (AvgIpc) is 3.51. The highest BCUT2D eigenvalue weighted by Crippen LogP contribution is 2.69. The summed E-state index contributed by atoms with van der Waals surface area (Å²) >= 11 is 0. The fourth-order valence-electron chi connectivity index (χ4n) is 8.22. The third-order valence-corrected chi connectivity index (χ3v) is 9.65. The van der Waals surface area contributed by atoms with Gasteiger partial charge in [0.1, 0.15) is 0 Å². The number of furan rings is 1. The largest absolute Gasteiger partial charge is 0.481 e. The highest BCUT2D eigenvalue weighted by Gasteiger charge is 2.74. The van der Waals surface area contributed by atoms with Crippen molar-refractivity contribution in [3.63, 3.8) is 0 Å². The minimum atomic E-state index is -1.33. The molecule has 8 heteroatoms. The first-order chi connectivity index (χ1) is 16.4. The molecule has 1 aliphatic heterocycles. The lowest BCUT2D eigenvalue weighted by molar-refractivity contribution is -0.215. The van der Waals surface area contributed by atoms with E-state index in [0.717, 1.165) is 16.7 Å². The van der Waals surface area contributed by atoms with Crippen molar-refractivity contribution in [3.8, 4) is 0 Å². The SMILES string of the molecule is COC(=O)[C@]1(C)C=CC(=O)[C@]2(C)[C@H](CC(=O)O)[C@@]3(C)C4=C(C)[C@H](c5ccoc5)C[C@@H]4O[C@@H]3[C@H](O)[C@H]21. The Labute approximate surface area is 204 Å². The summed E-state index contributed by atoms with van der Waals surface area (Å²) in [5.41, 5.74) is -0.549. The summed E-state index contributed by atoms with van der Waals surface area (Å²) in [6.45, 7) is 7.29. The summed E-state index contributed by atoms with van der Waals surface area (Å²) in [6.07, 6.45) is 4.23. The molecule has 188 valence electrons. The molecule has 3 aliphatic carbocycles. The first-order valence-electron chi connectivity index (χ1n) is 12.0. The summed E-state index contributed by atoms with van der Waals surface area (Å²) in [7, 11) is 1.27. The van der Waals surface area contributed by atoms with Gasteiger partial charge in [0.05, 0.1) is 49.8 Å². The Kier molecular flexibility index (Phi) is 5.24. The number of ether oxygens (including phenoxy) is 2. The van der Waals surface area contributed by atoms with Crippen LogP contribution in [-0.2, 0) is 23.9 Å². The minimum absolute atomic E-state index is 0.0435. The summed E-state index contributed by atoms with van der Waals surface area (Å²) in [5, 5.41) is 21.8. The highest BCUT2D eigenvalue weighted by atomic mass is 16.5. The lowest BCUT2D eigenvalue weighted by atomic mass is 9.41. The first kappa shape index (κ1) is 24.0. The van der Waals surface area contributed by atoms with Crippen LogP contribution in [0, 0.1) is 28.1 Å². The van der Waals surface area contributed by atoms with E-state index in [-0.39, 0.29) is 24.2 Å². The van der Waals surface area contributed by atoms with Crippen LogP contribution in [0.3, 0.4) is 0 Å². The Morgan fingerprint density at radius 1 is 1.23 bits per heavy atom. The predicted octanol–water partition coefficient (Wildman–Crippen LogP) is 3.26. The number of fused-ring (bicyclic) bond motifs is 4. The fraction of sp³-hybridized carbons (Fsp3) is 0.593. The zero-order valence-electron chi connectivity index (χ0n) is 20.6. The maximum atomic E-state index is 13.6. The van der Waals surface area contributed by atoms with Crippen LogP contribution in [0.5, 0.6) is 0 Å². The summed E-state index contributed by atoms with van der Waals surface area (Å²) in [6, 6.07) is 1.91. The van der Waals surface area contributed by atoms with Gasteiger partial charge in [0, 0.05) is 22.7 Å². The van der Waals surface area contributed by atoms with Gasteiger partial charge in [-0.15, -0.1) is 0 Å². The fourth-order valence-corrected chi connectivity index (χ4v) is 8.22. The number of aliphatic carboxylic acids is 1. The molecule has 1 aromatic heterocycles. The predicted molar refractivity (Wildman–Crippen MR) is 123 cm³/mol. The van der Waals surface area contributed by atoms with E-state index in [0.29, 0.717) is 6.42 Å². The molecule has 2 heterocycles. The molecule has 0 amide bonds. The minimum Gasteiger partial charge on any atom is -0.481 e. The Balaban J connectivity index is 1.73. The van der Waals surface area contributed by atoms with Crippen LogP contribution in [0.25, 0.3) is 0 Å². The Morgan fingerprint density at radius 2 is 1.94 bits per heavy atom. The van der Waals surface area contributed by atoms with Crippen LogP contribution >= 0.6 is 0 Å². The van der Waals surface area contributed by atoms with E-state index in [4.69, 9.17) is 13.9 Å². The normalized spacial score (nSPS) is 44.1. The van der Waals surface area contributed by atoms with Crippen LogP contribution in [0.15, 0.2) is 46.3 Å². The van der Waals surface area contributed by atoms with Gasteiger partial charge in [0.25, 0.3) is 0 Å². The molecule has 8 nitrogen and oxygen atoms in total. The average molecular weight is 485 g/mol. The van der Waals surface area contributed by atoms with E-state index < -0.39 is 52.2 Å². The van der Waals surface area contributed by atoms with E-state index in [2.05, 4.69) is 0 Å². The summed E-state index contributed by atoms with van der Waals surface area (Å²) < 4.78 is 16.9. The van der Waals surface area contributed by atoms with Crippen molar-refractivity contribution in [1.82, 2.24) is 0 Å². The number of aliphatic hydroxyl groups excluding tert-OH is 1. The molecule has 0 radical (unpaired) electrons. The van der Waals surface area contributed by atoms with Crippen molar-refractivity contribution in [3.05, 3.63) is 47.5 Å². The quantitative estimate of drug-likeness (QED) is 0.493. The van der Waals surface area contributed by atoms with Gasteiger partial charge in [-0.2, -0.15) is 0 Å². The number of carbonyl (C=O) groups excluding carboxylic acids is 2. The van der Waals surface area contributed by atoms with Crippen molar-refractivity contribution in [1.29, 1.82) is 0 Å². The van der Waals surface area contributed by atoms with E-state index in [1.54, 1.807) is 26.4 Å².